The van der Waals surface area contributed by atoms with Crippen LogP contribution in [-0.4, -0.2) is 19.9 Å². The van der Waals surface area contributed by atoms with Crippen LogP contribution < -0.4 is 0 Å². The smallest absolute Gasteiger partial charge is 0.133 e. The largest absolute Gasteiger partial charge is 0.387 e. The number of unbranched alkanes of at least 4 members (excludes halogenated alkanes) is 1. The topological polar surface area (TPSA) is 40.5 Å². The summed E-state index contributed by atoms with van der Waals surface area (Å²) in [5, 5.41) is 18.5. The lowest BCUT2D eigenvalue weighted by molar-refractivity contribution is -0.0168. The molecule has 3 heteroatoms. The maximum absolute atomic E-state index is 9.47. The molecule has 0 fully saturated rings. The summed E-state index contributed by atoms with van der Waals surface area (Å²) in [6.07, 6.45) is 2.69. The van der Waals surface area contributed by atoms with Gasteiger partial charge in [0.1, 0.15) is 4.11 Å². The molecule has 0 aliphatic heterocycles. The number of aliphatic hydroxyl groups is 2. The van der Waals surface area contributed by atoms with Gasteiger partial charge >= 0.3 is 0 Å². The van der Waals surface area contributed by atoms with Crippen molar-refractivity contribution in [2.24, 2.45) is 0 Å². The van der Waals surface area contributed by atoms with E-state index < -0.39 is 9.71 Å². The molecule has 2 atom stereocenters. The van der Waals surface area contributed by atoms with Crippen LogP contribution in [-0.2, 0) is 0 Å². The first-order valence-electron chi connectivity index (χ1n) is 3.55. The van der Waals surface area contributed by atoms with Crippen LogP contribution in [0, 0.1) is 0 Å². The summed E-state index contributed by atoms with van der Waals surface area (Å²) >= 11 is 1.83. The molecule has 0 saturated heterocycles. The number of halogens is 1. The monoisotopic (exact) mass is 258 g/mol. The molecule has 0 aromatic heterocycles. The molecule has 0 aromatic rings. The van der Waals surface area contributed by atoms with Gasteiger partial charge in [-0.2, -0.15) is 0 Å². The predicted octanol–water partition coefficient (Wildman–Crippen LogP) is 1.68. The highest BCUT2D eigenvalue weighted by molar-refractivity contribution is 14.1. The predicted molar refractivity (Wildman–Crippen MR) is 50.2 cm³/mol. The summed E-state index contributed by atoms with van der Waals surface area (Å²) < 4.78 is -0.656. The van der Waals surface area contributed by atoms with Crippen molar-refractivity contribution in [3.05, 3.63) is 0 Å². The van der Waals surface area contributed by atoms with Crippen LogP contribution in [0.5, 0.6) is 0 Å². The second-order valence-electron chi connectivity index (χ2n) is 2.80. The molecule has 0 amide bonds. The van der Waals surface area contributed by atoms with Gasteiger partial charge in [-0.3, -0.25) is 0 Å². The Morgan fingerprint density at radius 3 is 2.40 bits per heavy atom. The fourth-order valence-corrected chi connectivity index (χ4v) is 0.965. The molecule has 0 rings (SSSR count). The zero-order chi connectivity index (χ0) is 8.20. The maximum Gasteiger partial charge on any atom is 0.133 e. The number of hydrogen-bond acceptors (Lipinski definition) is 2. The highest BCUT2D eigenvalue weighted by Crippen LogP contribution is 2.21. The fourth-order valence-electron chi connectivity index (χ4n) is 0.654. The second-order valence-corrected chi connectivity index (χ2v) is 3.98. The quantitative estimate of drug-likeness (QED) is 0.595. The molecule has 0 aliphatic carbocycles. The fraction of sp³-hybridized carbons (Fsp3) is 1.00. The summed E-state index contributed by atoms with van der Waals surface area (Å²) in [6, 6.07) is 0. The van der Waals surface area contributed by atoms with Crippen LogP contribution in [0.2, 0.25) is 0 Å². The Morgan fingerprint density at radius 2 is 2.10 bits per heavy atom. The van der Waals surface area contributed by atoms with Crippen LogP contribution >= 0.6 is 22.6 Å². The Labute approximate surface area is 75.8 Å². The van der Waals surface area contributed by atoms with E-state index in [9.17, 15) is 5.11 Å². The summed E-state index contributed by atoms with van der Waals surface area (Å²) in [5.41, 5.74) is -0.906. The van der Waals surface area contributed by atoms with Gasteiger partial charge in [0, 0.05) is 0 Å². The van der Waals surface area contributed by atoms with Crippen molar-refractivity contribution in [2.45, 2.75) is 42.8 Å². The Balaban J connectivity index is 3.63. The Kier molecular flexibility index (Phi) is 4.81. The van der Waals surface area contributed by atoms with E-state index in [1.54, 1.807) is 6.92 Å². The van der Waals surface area contributed by atoms with Crippen molar-refractivity contribution >= 4 is 22.6 Å². The highest BCUT2D eigenvalue weighted by atomic mass is 127. The van der Waals surface area contributed by atoms with Crippen molar-refractivity contribution in [2.75, 3.05) is 0 Å². The zero-order valence-electron chi connectivity index (χ0n) is 6.47. The normalized spacial score (nSPS) is 20.1. The third kappa shape index (κ3) is 3.73. The molecule has 2 nitrogen and oxygen atoms in total. The first kappa shape index (κ1) is 10.7. The molecule has 0 aliphatic rings. The van der Waals surface area contributed by atoms with Gasteiger partial charge < -0.3 is 10.2 Å². The van der Waals surface area contributed by atoms with E-state index in [1.165, 1.54) is 0 Å². The van der Waals surface area contributed by atoms with Crippen LogP contribution in [0.1, 0.15) is 33.1 Å². The van der Waals surface area contributed by atoms with E-state index in [2.05, 4.69) is 6.92 Å². The molecule has 0 bridgehead atoms. The molecule has 0 spiro atoms. The number of hydrogen-bond donors (Lipinski definition) is 2. The molecule has 0 radical (unpaired) electrons. The Hall–Kier alpha value is 0.650. The zero-order valence-corrected chi connectivity index (χ0v) is 8.63. The molecule has 10 heavy (non-hydrogen) atoms. The molecule has 0 heterocycles. The van der Waals surface area contributed by atoms with Crippen molar-refractivity contribution in [1.82, 2.24) is 0 Å². The van der Waals surface area contributed by atoms with Crippen molar-refractivity contribution < 1.29 is 10.2 Å². The first-order chi connectivity index (χ1) is 4.50. The first-order valence-corrected chi connectivity index (χ1v) is 4.79. The van der Waals surface area contributed by atoms with Crippen LogP contribution in [0.15, 0.2) is 0 Å². The summed E-state index contributed by atoms with van der Waals surface area (Å²) in [7, 11) is 0. The SMILES string of the molecule is CCCCC(C)(O)C(O)I. The van der Waals surface area contributed by atoms with E-state index in [-0.39, 0.29) is 0 Å². The molecule has 2 unspecified atom stereocenters. The minimum Gasteiger partial charge on any atom is -0.387 e. The molecule has 2 N–H and O–H groups in total. The van der Waals surface area contributed by atoms with Crippen LogP contribution in [0.3, 0.4) is 0 Å². The lowest BCUT2D eigenvalue weighted by Crippen LogP contribution is -2.34. The van der Waals surface area contributed by atoms with E-state index in [0.29, 0.717) is 6.42 Å². The molecule has 0 aromatic carbocycles. The summed E-state index contributed by atoms with van der Waals surface area (Å²) in [4.78, 5) is 0. The minimum absolute atomic E-state index is 0.656. The standard InChI is InChI=1S/C7H15IO2/c1-3-4-5-7(2,10)6(8)9/h6,9-10H,3-5H2,1-2H3. The number of alkyl halides is 1. The van der Waals surface area contributed by atoms with Gasteiger partial charge in [0.15, 0.2) is 0 Å². The molecular formula is C7H15IO2. The maximum atomic E-state index is 9.47. The van der Waals surface area contributed by atoms with Crippen molar-refractivity contribution in [3.8, 4) is 0 Å². The van der Waals surface area contributed by atoms with Crippen LogP contribution in [0.4, 0.5) is 0 Å². The number of aliphatic hydroxyl groups excluding tert-OH is 1. The number of rotatable bonds is 4. The third-order valence-electron chi connectivity index (χ3n) is 1.55. The highest BCUT2D eigenvalue weighted by Gasteiger charge is 2.26. The van der Waals surface area contributed by atoms with Gasteiger partial charge in [-0.25, -0.2) is 0 Å². The molecular weight excluding hydrogens is 243 g/mol. The van der Waals surface area contributed by atoms with Gasteiger partial charge in [0.05, 0.1) is 5.60 Å². The van der Waals surface area contributed by atoms with Crippen LogP contribution in [0.25, 0.3) is 0 Å². The summed E-state index contributed by atoms with van der Waals surface area (Å²) in [6.45, 7) is 3.73. The van der Waals surface area contributed by atoms with Gasteiger partial charge in [0.2, 0.25) is 0 Å². The van der Waals surface area contributed by atoms with Gasteiger partial charge in [-0.05, 0) is 35.9 Å². The average molecular weight is 258 g/mol. The third-order valence-corrected chi connectivity index (χ3v) is 2.89. The Bertz CT molecular complexity index is 91.6. The van der Waals surface area contributed by atoms with Gasteiger partial charge in [-0.1, -0.05) is 19.8 Å². The van der Waals surface area contributed by atoms with Crippen molar-refractivity contribution in [1.29, 1.82) is 0 Å². The van der Waals surface area contributed by atoms with E-state index in [4.69, 9.17) is 5.11 Å². The molecule has 0 saturated carbocycles. The second kappa shape index (κ2) is 4.51. The lowest BCUT2D eigenvalue weighted by Gasteiger charge is -2.24. The van der Waals surface area contributed by atoms with Crippen molar-refractivity contribution in [3.63, 3.8) is 0 Å². The van der Waals surface area contributed by atoms with E-state index in [1.807, 2.05) is 22.6 Å². The van der Waals surface area contributed by atoms with Gasteiger partial charge in [0.25, 0.3) is 0 Å². The Morgan fingerprint density at radius 1 is 1.60 bits per heavy atom. The van der Waals surface area contributed by atoms with E-state index in [0.717, 1.165) is 12.8 Å². The minimum atomic E-state index is -0.906. The average Bonchev–Trinajstić information content (AvgIpc) is 1.84. The molecule has 62 valence electrons. The van der Waals surface area contributed by atoms with E-state index >= 15 is 0 Å². The van der Waals surface area contributed by atoms with Gasteiger partial charge in [-0.15, -0.1) is 0 Å². The summed E-state index contributed by atoms with van der Waals surface area (Å²) in [5.74, 6) is 0. The lowest BCUT2D eigenvalue weighted by atomic mass is 10.0.